The van der Waals surface area contributed by atoms with Crippen LogP contribution in [0.4, 0.5) is 0 Å². The summed E-state index contributed by atoms with van der Waals surface area (Å²) < 4.78 is 0. The molecule has 0 saturated heterocycles. The lowest BCUT2D eigenvalue weighted by Crippen LogP contribution is -2.50. The Morgan fingerprint density at radius 2 is 1.88 bits per heavy atom. The molecule has 4 nitrogen and oxygen atoms in total. The first kappa shape index (κ1) is 14.5. The van der Waals surface area contributed by atoms with E-state index in [0.717, 1.165) is 25.7 Å². The lowest BCUT2D eigenvalue weighted by atomic mass is 10.0. The molecule has 0 spiro atoms. The van der Waals surface area contributed by atoms with E-state index in [0.29, 0.717) is 6.54 Å². The van der Waals surface area contributed by atoms with Crippen LogP contribution in [-0.2, 0) is 4.79 Å². The molecule has 0 aromatic carbocycles. The molecule has 0 aliphatic heterocycles. The molecule has 4 heteroatoms. The van der Waals surface area contributed by atoms with Gasteiger partial charge in [-0.05, 0) is 40.7 Å². The van der Waals surface area contributed by atoms with Gasteiger partial charge in [0.2, 0.25) is 5.91 Å². The number of rotatable bonds is 5. The first-order chi connectivity index (χ1) is 7.84. The third kappa shape index (κ3) is 4.28. The summed E-state index contributed by atoms with van der Waals surface area (Å²) in [6.07, 6.45) is 3.90. The molecule has 1 saturated carbocycles. The zero-order valence-corrected chi connectivity index (χ0v) is 11.5. The third-order valence-corrected chi connectivity index (χ3v) is 3.55. The van der Waals surface area contributed by atoms with Gasteiger partial charge in [0.1, 0.15) is 0 Å². The van der Waals surface area contributed by atoms with Crippen LogP contribution in [0.5, 0.6) is 0 Å². The molecular formula is C13H26N2O2. The normalized spacial score (nSPS) is 20.9. The fourth-order valence-electron chi connectivity index (χ4n) is 2.40. The van der Waals surface area contributed by atoms with E-state index in [1.807, 2.05) is 32.7 Å². The topological polar surface area (TPSA) is 52.6 Å². The molecule has 0 bridgehead atoms. The number of hydrogen-bond donors (Lipinski definition) is 2. The Morgan fingerprint density at radius 3 is 2.35 bits per heavy atom. The first-order valence-electron chi connectivity index (χ1n) is 6.57. The van der Waals surface area contributed by atoms with Gasteiger partial charge in [-0.3, -0.25) is 9.69 Å². The predicted molar refractivity (Wildman–Crippen MR) is 68.8 cm³/mol. The molecule has 1 fully saturated rings. The van der Waals surface area contributed by atoms with Crippen LogP contribution in [0.2, 0.25) is 0 Å². The Balaban J connectivity index is 2.46. The maximum atomic E-state index is 11.8. The van der Waals surface area contributed by atoms with Gasteiger partial charge in [-0.2, -0.15) is 0 Å². The Kier molecular flexibility index (Phi) is 4.95. The summed E-state index contributed by atoms with van der Waals surface area (Å²) in [5.41, 5.74) is -0.582. The van der Waals surface area contributed by atoms with E-state index >= 15 is 0 Å². The molecule has 2 N–H and O–H groups in total. The smallest absolute Gasteiger partial charge is 0.237 e. The zero-order valence-electron chi connectivity index (χ0n) is 11.5. The molecule has 0 radical (unpaired) electrons. The molecule has 17 heavy (non-hydrogen) atoms. The number of amides is 1. The third-order valence-electron chi connectivity index (χ3n) is 3.55. The second kappa shape index (κ2) is 5.83. The maximum Gasteiger partial charge on any atom is 0.237 e. The van der Waals surface area contributed by atoms with Crippen LogP contribution in [0.15, 0.2) is 0 Å². The van der Waals surface area contributed by atoms with Crippen LogP contribution in [0.25, 0.3) is 0 Å². The van der Waals surface area contributed by atoms with E-state index in [1.165, 1.54) is 0 Å². The molecule has 1 amide bonds. The van der Waals surface area contributed by atoms with E-state index in [4.69, 9.17) is 0 Å². The number of nitrogens with one attached hydrogen (secondary N) is 1. The Bertz CT molecular complexity index is 260. The number of carbonyl (C=O) groups excluding carboxylic acids is 1. The number of likely N-dealkylation sites (N-methyl/N-ethyl adjacent to an activating group) is 1. The summed E-state index contributed by atoms with van der Waals surface area (Å²) >= 11 is 0. The summed E-state index contributed by atoms with van der Waals surface area (Å²) in [4.78, 5) is 13.8. The van der Waals surface area contributed by atoms with Gasteiger partial charge in [-0.15, -0.1) is 0 Å². The van der Waals surface area contributed by atoms with Crippen molar-refractivity contribution in [2.75, 3.05) is 13.6 Å². The van der Waals surface area contributed by atoms with Crippen molar-refractivity contribution in [2.45, 2.75) is 64.1 Å². The highest BCUT2D eigenvalue weighted by atomic mass is 16.3. The van der Waals surface area contributed by atoms with Gasteiger partial charge in [0.15, 0.2) is 0 Å². The highest BCUT2D eigenvalue weighted by Gasteiger charge is 2.34. The second-order valence-corrected chi connectivity index (χ2v) is 5.69. The van der Waals surface area contributed by atoms with E-state index in [1.54, 1.807) is 0 Å². The monoisotopic (exact) mass is 242 g/mol. The second-order valence-electron chi connectivity index (χ2n) is 5.69. The molecule has 0 aromatic heterocycles. The standard InChI is InChI=1S/C13H26N2O2/c1-10(2)14-12(16)11(3)15(4)9-13(17)7-5-6-8-13/h10-11,17H,5-9H2,1-4H3,(H,14,16). The molecule has 100 valence electrons. The summed E-state index contributed by atoms with van der Waals surface area (Å²) in [5, 5.41) is 13.2. The molecule has 1 aliphatic rings. The summed E-state index contributed by atoms with van der Waals surface area (Å²) in [7, 11) is 1.90. The molecule has 0 heterocycles. The van der Waals surface area contributed by atoms with Gasteiger partial charge in [0, 0.05) is 12.6 Å². The Hall–Kier alpha value is -0.610. The quantitative estimate of drug-likeness (QED) is 0.760. The summed E-state index contributed by atoms with van der Waals surface area (Å²) in [6, 6.07) is -0.0325. The minimum atomic E-state index is -0.582. The van der Waals surface area contributed by atoms with Crippen LogP contribution < -0.4 is 5.32 Å². The number of nitrogens with zero attached hydrogens (tertiary/aromatic N) is 1. The molecule has 0 aromatic rings. The van der Waals surface area contributed by atoms with Crippen molar-refractivity contribution in [2.24, 2.45) is 0 Å². The van der Waals surface area contributed by atoms with Crippen LogP contribution in [0.1, 0.15) is 46.5 Å². The highest BCUT2D eigenvalue weighted by molar-refractivity contribution is 5.81. The number of aliphatic hydroxyl groups is 1. The summed E-state index contributed by atoms with van der Waals surface area (Å²) in [6.45, 7) is 6.37. The van der Waals surface area contributed by atoms with Crippen molar-refractivity contribution in [3.8, 4) is 0 Å². The molecule has 1 atom stereocenters. The SMILES string of the molecule is CC(C)NC(=O)C(C)N(C)CC1(O)CCCC1. The van der Waals surface area contributed by atoms with Crippen molar-refractivity contribution in [1.29, 1.82) is 0 Å². The molecule has 1 aliphatic carbocycles. The zero-order chi connectivity index (χ0) is 13.1. The van der Waals surface area contributed by atoms with Gasteiger partial charge in [0.05, 0.1) is 11.6 Å². The average Bonchev–Trinajstić information content (AvgIpc) is 2.62. The van der Waals surface area contributed by atoms with Crippen LogP contribution >= 0.6 is 0 Å². The average molecular weight is 242 g/mol. The predicted octanol–water partition coefficient (Wildman–Crippen LogP) is 1.14. The van der Waals surface area contributed by atoms with Crippen molar-refractivity contribution in [3.05, 3.63) is 0 Å². The van der Waals surface area contributed by atoms with Crippen molar-refractivity contribution >= 4 is 5.91 Å². The first-order valence-corrected chi connectivity index (χ1v) is 6.57. The largest absolute Gasteiger partial charge is 0.389 e. The van der Waals surface area contributed by atoms with Crippen molar-refractivity contribution in [1.82, 2.24) is 10.2 Å². The van der Waals surface area contributed by atoms with E-state index < -0.39 is 5.60 Å². The highest BCUT2D eigenvalue weighted by Crippen LogP contribution is 2.30. The fraction of sp³-hybridized carbons (Fsp3) is 0.923. The lowest BCUT2D eigenvalue weighted by molar-refractivity contribution is -0.127. The minimum Gasteiger partial charge on any atom is -0.389 e. The molecular weight excluding hydrogens is 216 g/mol. The molecule has 1 unspecified atom stereocenters. The fourth-order valence-corrected chi connectivity index (χ4v) is 2.40. The van der Waals surface area contributed by atoms with Gasteiger partial charge in [-0.25, -0.2) is 0 Å². The Morgan fingerprint density at radius 1 is 1.35 bits per heavy atom. The van der Waals surface area contributed by atoms with Crippen LogP contribution in [-0.4, -0.2) is 47.2 Å². The van der Waals surface area contributed by atoms with Crippen LogP contribution in [0, 0.1) is 0 Å². The van der Waals surface area contributed by atoms with E-state index in [9.17, 15) is 9.90 Å². The minimum absolute atomic E-state index is 0.0316. The number of hydrogen-bond acceptors (Lipinski definition) is 3. The lowest BCUT2D eigenvalue weighted by Gasteiger charge is -2.32. The van der Waals surface area contributed by atoms with Crippen molar-refractivity contribution in [3.63, 3.8) is 0 Å². The van der Waals surface area contributed by atoms with Gasteiger partial charge < -0.3 is 10.4 Å². The van der Waals surface area contributed by atoms with Crippen LogP contribution in [0.3, 0.4) is 0 Å². The van der Waals surface area contributed by atoms with Gasteiger partial charge in [0.25, 0.3) is 0 Å². The summed E-state index contributed by atoms with van der Waals surface area (Å²) in [5.74, 6) is 0.0316. The van der Waals surface area contributed by atoms with Gasteiger partial charge >= 0.3 is 0 Å². The molecule has 1 rings (SSSR count). The van der Waals surface area contributed by atoms with E-state index in [2.05, 4.69) is 5.32 Å². The maximum absolute atomic E-state index is 11.8. The Labute approximate surface area is 104 Å². The van der Waals surface area contributed by atoms with Gasteiger partial charge in [-0.1, -0.05) is 12.8 Å². The number of carbonyl (C=O) groups is 1. The van der Waals surface area contributed by atoms with E-state index in [-0.39, 0.29) is 18.0 Å². The van der Waals surface area contributed by atoms with Crippen molar-refractivity contribution < 1.29 is 9.90 Å².